The van der Waals surface area contributed by atoms with Gasteiger partial charge in [0.2, 0.25) is 0 Å². The van der Waals surface area contributed by atoms with Gasteiger partial charge in [0.15, 0.2) is 0 Å². The molecule has 7 heteroatoms. The zero-order chi connectivity index (χ0) is 15.7. The second kappa shape index (κ2) is 6.08. The van der Waals surface area contributed by atoms with Crippen LogP contribution in [0.3, 0.4) is 0 Å². The molecule has 5 nitrogen and oxygen atoms in total. The third-order valence-corrected chi connectivity index (χ3v) is 4.19. The second-order valence-electron chi connectivity index (χ2n) is 5.23. The van der Waals surface area contributed by atoms with Gasteiger partial charge < -0.3 is 4.74 Å². The zero-order valence-corrected chi connectivity index (χ0v) is 13.2. The summed E-state index contributed by atoms with van der Waals surface area (Å²) in [6, 6.07) is 4.16. The fraction of sp³-hybridized carbons (Fsp3) is 0.333. The highest BCUT2D eigenvalue weighted by atomic mass is 79.9. The molecule has 116 valence electrons. The van der Waals surface area contributed by atoms with Crippen molar-refractivity contribution >= 4 is 15.9 Å². The standard InChI is InChI=1S/C15H14BrFN2O3/c16-12-4-3-10(17)7-13(12)22-6-5-19-8-11(9-1-2-9)14(20)18-15(19)21/h3-4,7-9H,1-2,5-6H2,(H,18,20,21). The summed E-state index contributed by atoms with van der Waals surface area (Å²) in [5, 5.41) is 0. The molecule has 1 heterocycles. The minimum atomic E-state index is -0.462. The van der Waals surface area contributed by atoms with Crippen molar-refractivity contribution in [2.45, 2.75) is 25.3 Å². The smallest absolute Gasteiger partial charge is 0.328 e. The first-order chi connectivity index (χ1) is 10.5. The summed E-state index contributed by atoms with van der Waals surface area (Å²) >= 11 is 3.27. The summed E-state index contributed by atoms with van der Waals surface area (Å²) in [4.78, 5) is 25.8. The molecule has 1 aliphatic rings. The molecule has 0 bridgehead atoms. The number of hydrogen-bond acceptors (Lipinski definition) is 3. The van der Waals surface area contributed by atoms with Crippen molar-refractivity contribution < 1.29 is 9.13 Å². The van der Waals surface area contributed by atoms with Gasteiger partial charge in [-0.2, -0.15) is 0 Å². The molecule has 2 aromatic rings. The summed E-state index contributed by atoms with van der Waals surface area (Å²) in [6.07, 6.45) is 3.56. The van der Waals surface area contributed by atoms with E-state index in [1.807, 2.05) is 0 Å². The number of H-pyrrole nitrogens is 1. The van der Waals surface area contributed by atoms with Crippen LogP contribution in [-0.2, 0) is 6.54 Å². The van der Waals surface area contributed by atoms with Gasteiger partial charge in [0.05, 0.1) is 11.0 Å². The van der Waals surface area contributed by atoms with Crippen molar-refractivity contribution in [2.75, 3.05) is 6.61 Å². The number of aromatic amines is 1. The number of hydrogen-bond donors (Lipinski definition) is 1. The Bertz CT molecular complexity index is 811. The van der Waals surface area contributed by atoms with Crippen molar-refractivity contribution in [3.05, 3.63) is 61.1 Å². The van der Waals surface area contributed by atoms with Gasteiger partial charge in [-0.3, -0.25) is 14.3 Å². The number of halogens is 2. The Morgan fingerprint density at radius 2 is 2.14 bits per heavy atom. The van der Waals surface area contributed by atoms with Gasteiger partial charge in [0.25, 0.3) is 5.56 Å². The van der Waals surface area contributed by atoms with E-state index < -0.39 is 11.5 Å². The van der Waals surface area contributed by atoms with E-state index in [2.05, 4.69) is 20.9 Å². The number of nitrogens with one attached hydrogen (secondary N) is 1. The molecule has 22 heavy (non-hydrogen) atoms. The first-order valence-electron chi connectivity index (χ1n) is 6.96. The van der Waals surface area contributed by atoms with Gasteiger partial charge in [0, 0.05) is 17.8 Å². The monoisotopic (exact) mass is 368 g/mol. The van der Waals surface area contributed by atoms with Crippen molar-refractivity contribution in [1.82, 2.24) is 9.55 Å². The summed E-state index contributed by atoms with van der Waals surface area (Å²) in [5.41, 5.74) is -0.125. The molecule has 3 rings (SSSR count). The van der Waals surface area contributed by atoms with Crippen molar-refractivity contribution in [3.63, 3.8) is 0 Å². The lowest BCUT2D eigenvalue weighted by atomic mass is 10.2. The normalized spacial score (nSPS) is 14.1. The molecule has 1 fully saturated rings. The van der Waals surface area contributed by atoms with Crippen LogP contribution in [0.5, 0.6) is 5.75 Å². The molecule has 1 N–H and O–H groups in total. The van der Waals surface area contributed by atoms with E-state index in [0.29, 0.717) is 15.8 Å². The van der Waals surface area contributed by atoms with Crippen LogP contribution in [0.15, 0.2) is 38.5 Å². The summed E-state index contributed by atoms with van der Waals surface area (Å²) in [6.45, 7) is 0.469. The Hall–Kier alpha value is -1.89. The third kappa shape index (κ3) is 3.30. The number of aromatic nitrogens is 2. The van der Waals surface area contributed by atoms with Crippen molar-refractivity contribution in [2.24, 2.45) is 0 Å². The maximum atomic E-state index is 13.2. The molecular weight excluding hydrogens is 355 g/mol. The van der Waals surface area contributed by atoms with Crippen LogP contribution in [0.25, 0.3) is 0 Å². The first-order valence-corrected chi connectivity index (χ1v) is 7.75. The lowest BCUT2D eigenvalue weighted by Crippen LogP contribution is -2.32. The molecule has 1 aliphatic carbocycles. The van der Waals surface area contributed by atoms with Gasteiger partial charge in [0.1, 0.15) is 18.2 Å². The Balaban J connectivity index is 1.71. The molecule has 1 aromatic carbocycles. The van der Waals surface area contributed by atoms with Gasteiger partial charge in [-0.1, -0.05) is 0 Å². The predicted molar refractivity (Wildman–Crippen MR) is 82.9 cm³/mol. The minimum absolute atomic E-state index is 0.193. The number of nitrogens with zero attached hydrogens (tertiary/aromatic N) is 1. The zero-order valence-electron chi connectivity index (χ0n) is 11.6. The summed E-state index contributed by atoms with van der Waals surface area (Å²) < 4.78 is 20.7. The van der Waals surface area contributed by atoms with E-state index in [4.69, 9.17) is 4.74 Å². The Labute approximate surface area is 133 Å². The summed E-state index contributed by atoms with van der Waals surface area (Å²) in [7, 11) is 0. The molecule has 0 amide bonds. The van der Waals surface area contributed by atoms with E-state index in [9.17, 15) is 14.0 Å². The highest BCUT2D eigenvalue weighted by molar-refractivity contribution is 9.10. The van der Waals surface area contributed by atoms with Gasteiger partial charge >= 0.3 is 5.69 Å². The first kappa shape index (κ1) is 15.0. The average molecular weight is 369 g/mol. The predicted octanol–water partition coefficient (Wildman–Crippen LogP) is 2.39. The van der Waals surface area contributed by atoms with Crippen LogP contribution in [0.2, 0.25) is 0 Å². The largest absolute Gasteiger partial charge is 0.490 e. The Morgan fingerprint density at radius 3 is 2.86 bits per heavy atom. The highest BCUT2D eigenvalue weighted by Crippen LogP contribution is 2.37. The molecule has 0 spiro atoms. The molecular formula is C15H14BrFN2O3. The number of benzene rings is 1. The maximum absolute atomic E-state index is 13.2. The van der Waals surface area contributed by atoms with Crippen LogP contribution >= 0.6 is 15.9 Å². The van der Waals surface area contributed by atoms with Crippen molar-refractivity contribution in [1.29, 1.82) is 0 Å². The topological polar surface area (TPSA) is 64.1 Å². The lowest BCUT2D eigenvalue weighted by Gasteiger charge is -2.10. The maximum Gasteiger partial charge on any atom is 0.328 e. The van der Waals surface area contributed by atoms with E-state index in [1.165, 1.54) is 16.7 Å². The van der Waals surface area contributed by atoms with E-state index >= 15 is 0 Å². The van der Waals surface area contributed by atoms with Crippen LogP contribution in [-0.4, -0.2) is 16.2 Å². The van der Waals surface area contributed by atoms with Gasteiger partial charge in [-0.15, -0.1) is 0 Å². The third-order valence-electron chi connectivity index (χ3n) is 3.54. The average Bonchev–Trinajstić information content (AvgIpc) is 3.29. The van der Waals surface area contributed by atoms with Crippen molar-refractivity contribution in [3.8, 4) is 5.75 Å². The quantitative estimate of drug-likeness (QED) is 0.881. The molecule has 0 unspecified atom stereocenters. The van der Waals surface area contributed by atoms with E-state index in [-0.39, 0.29) is 24.6 Å². The number of rotatable bonds is 5. The number of ether oxygens (including phenoxy) is 1. The molecule has 0 atom stereocenters. The van der Waals surface area contributed by atoms with Crippen LogP contribution in [0.1, 0.15) is 24.3 Å². The van der Waals surface area contributed by atoms with Gasteiger partial charge in [-0.25, -0.2) is 9.18 Å². The van der Waals surface area contributed by atoms with E-state index in [1.54, 1.807) is 12.3 Å². The molecule has 0 saturated heterocycles. The minimum Gasteiger partial charge on any atom is -0.490 e. The molecule has 0 radical (unpaired) electrons. The fourth-order valence-electron chi connectivity index (χ4n) is 2.22. The fourth-order valence-corrected chi connectivity index (χ4v) is 2.58. The lowest BCUT2D eigenvalue weighted by molar-refractivity contribution is 0.292. The molecule has 1 saturated carbocycles. The van der Waals surface area contributed by atoms with Gasteiger partial charge in [-0.05, 0) is 46.8 Å². The Morgan fingerprint density at radius 1 is 1.36 bits per heavy atom. The van der Waals surface area contributed by atoms with Crippen LogP contribution < -0.4 is 16.0 Å². The summed E-state index contributed by atoms with van der Waals surface area (Å²) in [5.74, 6) is 0.240. The van der Waals surface area contributed by atoms with Crippen LogP contribution in [0.4, 0.5) is 4.39 Å². The second-order valence-corrected chi connectivity index (χ2v) is 6.09. The SMILES string of the molecule is O=c1[nH]c(=O)n(CCOc2cc(F)ccc2Br)cc1C1CC1. The Kier molecular flexibility index (Phi) is 4.15. The molecule has 0 aliphatic heterocycles. The highest BCUT2D eigenvalue weighted by Gasteiger charge is 2.27. The van der Waals surface area contributed by atoms with Crippen LogP contribution in [0, 0.1) is 5.82 Å². The van der Waals surface area contributed by atoms with E-state index in [0.717, 1.165) is 12.8 Å². The molecule has 1 aromatic heterocycles.